The minimum atomic E-state index is -0.808. The maximum atomic E-state index is 12.6. The molecule has 7 heteroatoms. The van der Waals surface area contributed by atoms with Crippen molar-refractivity contribution in [1.82, 2.24) is 4.98 Å². The Balaban J connectivity index is 2.24. The number of nitro groups is 1. The van der Waals surface area contributed by atoms with Gasteiger partial charge < -0.3 is 9.72 Å². The summed E-state index contributed by atoms with van der Waals surface area (Å²) < 4.78 is 5.63. The molecule has 0 aliphatic heterocycles. The molecular formula is C18H20N2O5. The second-order valence-corrected chi connectivity index (χ2v) is 6.01. The van der Waals surface area contributed by atoms with Crippen LogP contribution in [0.2, 0.25) is 0 Å². The zero-order valence-electron chi connectivity index (χ0n) is 14.8. The van der Waals surface area contributed by atoms with Crippen LogP contribution in [0, 0.1) is 30.9 Å². The van der Waals surface area contributed by atoms with E-state index in [4.69, 9.17) is 4.74 Å². The monoisotopic (exact) mass is 344 g/mol. The Hall–Kier alpha value is -2.96. The quantitative estimate of drug-likeness (QED) is 0.489. The van der Waals surface area contributed by atoms with Crippen LogP contribution in [0.5, 0.6) is 5.75 Å². The normalized spacial score (nSPS) is 11.9. The number of hydrogen-bond donors (Lipinski definition) is 1. The van der Waals surface area contributed by atoms with Crippen molar-refractivity contribution >= 4 is 17.3 Å². The summed E-state index contributed by atoms with van der Waals surface area (Å²) in [6, 6.07) is 4.33. The molecule has 1 atom stereocenters. The predicted molar refractivity (Wildman–Crippen MR) is 92.5 cm³/mol. The fourth-order valence-electron chi connectivity index (χ4n) is 2.89. The van der Waals surface area contributed by atoms with Crippen LogP contribution in [0.3, 0.4) is 0 Å². The SMILES string of the molecule is CC(=O)c1c(C)[nH]c(C(=O)[C@H](C)Oc2ccc([N+](=O)[O-])c(C)c2)c1C. The second-order valence-electron chi connectivity index (χ2n) is 6.01. The molecule has 2 aromatic rings. The molecule has 2 rings (SSSR count). The van der Waals surface area contributed by atoms with E-state index >= 15 is 0 Å². The number of Topliss-reactive ketones (excluding diaryl/α,β-unsaturated/α-hetero) is 2. The van der Waals surface area contributed by atoms with E-state index < -0.39 is 11.0 Å². The molecule has 1 heterocycles. The van der Waals surface area contributed by atoms with Gasteiger partial charge in [-0.3, -0.25) is 19.7 Å². The van der Waals surface area contributed by atoms with Crippen LogP contribution < -0.4 is 4.74 Å². The second kappa shape index (κ2) is 6.88. The van der Waals surface area contributed by atoms with E-state index in [0.29, 0.717) is 33.8 Å². The van der Waals surface area contributed by atoms with Gasteiger partial charge in [0.1, 0.15) is 5.75 Å². The minimum Gasteiger partial charge on any atom is -0.482 e. The van der Waals surface area contributed by atoms with Gasteiger partial charge in [0.15, 0.2) is 11.9 Å². The smallest absolute Gasteiger partial charge is 0.272 e. The fourth-order valence-corrected chi connectivity index (χ4v) is 2.89. The number of rotatable bonds is 6. The van der Waals surface area contributed by atoms with E-state index in [1.165, 1.54) is 25.1 Å². The van der Waals surface area contributed by atoms with Crippen LogP contribution in [-0.4, -0.2) is 27.6 Å². The number of aromatic amines is 1. The van der Waals surface area contributed by atoms with Gasteiger partial charge in [-0.25, -0.2) is 0 Å². The summed E-state index contributed by atoms with van der Waals surface area (Å²) in [5, 5.41) is 10.9. The molecule has 0 amide bonds. The van der Waals surface area contributed by atoms with Crippen LogP contribution in [0.25, 0.3) is 0 Å². The highest BCUT2D eigenvalue weighted by atomic mass is 16.6. The molecule has 0 spiro atoms. The van der Waals surface area contributed by atoms with Crippen molar-refractivity contribution in [3.05, 3.63) is 56.4 Å². The van der Waals surface area contributed by atoms with Crippen LogP contribution in [0.4, 0.5) is 5.69 Å². The molecule has 7 nitrogen and oxygen atoms in total. The van der Waals surface area contributed by atoms with Crippen LogP contribution in [-0.2, 0) is 0 Å². The third-order valence-electron chi connectivity index (χ3n) is 4.08. The topological polar surface area (TPSA) is 102 Å². The molecule has 0 aliphatic rings. The van der Waals surface area contributed by atoms with Crippen molar-refractivity contribution in [2.75, 3.05) is 0 Å². The number of carbonyl (C=O) groups excluding carboxylic acids is 2. The molecule has 1 aromatic heterocycles. The molecular weight excluding hydrogens is 324 g/mol. The highest BCUT2D eigenvalue weighted by molar-refractivity contribution is 6.04. The number of carbonyl (C=O) groups is 2. The van der Waals surface area contributed by atoms with E-state index in [1.807, 2.05) is 0 Å². The maximum absolute atomic E-state index is 12.6. The Morgan fingerprint density at radius 3 is 2.36 bits per heavy atom. The maximum Gasteiger partial charge on any atom is 0.272 e. The molecule has 0 fully saturated rings. The van der Waals surface area contributed by atoms with Gasteiger partial charge in [0.2, 0.25) is 5.78 Å². The third kappa shape index (κ3) is 3.60. The van der Waals surface area contributed by atoms with Crippen molar-refractivity contribution in [2.45, 2.75) is 40.7 Å². The highest BCUT2D eigenvalue weighted by Crippen LogP contribution is 2.25. The Bertz CT molecular complexity index is 867. The number of aromatic nitrogens is 1. The lowest BCUT2D eigenvalue weighted by molar-refractivity contribution is -0.385. The number of nitro benzene ring substituents is 1. The van der Waals surface area contributed by atoms with E-state index in [2.05, 4.69) is 4.98 Å². The molecule has 25 heavy (non-hydrogen) atoms. The first kappa shape index (κ1) is 18.4. The summed E-state index contributed by atoms with van der Waals surface area (Å²) in [5.74, 6) is -0.0226. The van der Waals surface area contributed by atoms with Crippen molar-refractivity contribution in [3.63, 3.8) is 0 Å². The Morgan fingerprint density at radius 2 is 1.88 bits per heavy atom. The van der Waals surface area contributed by atoms with Crippen molar-refractivity contribution < 1.29 is 19.2 Å². The van der Waals surface area contributed by atoms with E-state index in [9.17, 15) is 19.7 Å². The number of nitrogens with one attached hydrogen (secondary N) is 1. The van der Waals surface area contributed by atoms with Gasteiger partial charge in [0, 0.05) is 22.9 Å². The number of H-pyrrole nitrogens is 1. The summed E-state index contributed by atoms with van der Waals surface area (Å²) in [6.45, 7) is 8.12. The van der Waals surface area contributed by atoms with Crippen LogP contribution >= 0.6 is 0 Å². The van der Waals surface area contributed by atoms with Gasteiger partial charge in [0.25, 0.3) is 5.69 Å². The van der Waals surface area contributed by atoms with Gasteiger partial charge in [-0.05, 0) is 52.3 Å². The Morgan fingerprint density at radius 1 is 1.24 bits per heavy atom. The molecule has 0 radical (unpaired) electrons. The lowest BCUT2D eigenvalue weighted by Gasteiger charge is -2.14. The molecule has 0 bridgehead atoms. The number of nitrogens with zero attached hydrogens (tertiary/aromatic N) is 1. The lowest BCUT2D eigenvalue weighted by atomic mass is 10.0. The average Bonchev–Trinajstić information content (AvgIpc) is 2.80. The van der Waals surface area contributed by atoms with Crippen molar-refractivity contribution in [1.29, 1.82) is 0 Å². The van der Waals surface area contributed by atoms with Crippen LogP contribution in [0.15, 0.2) is 18.2 Å². The molecule has 0 saturated heterocycles. The summed E-state index contributed by atoms with van der Waals surface area (Å²) >= 11 is 0. The molecule has 1 aromatic carbocycles. The summed E-state index contributed by atoms with van der Waals surface area (Å²) in [5.41, 5.74) is 2.55. The first-order valence-corrected chi connectivity index (χ1v) is 7.79. The average molecular weight is 344 g/mol. The summed E-state index contributed by atoms with van der Waals surface area (Å²) in [6.07, 6.45) is -0.808. The first-order chi connectivity index (χ1) is 11.6. The van der Waals surface area contributed by atoms with Gasteiger partial charge in [0.05, 0.1) is 10.6 Å². The first-order valence-electron chi connectivity index (χ1n) is 7.79. The zero-order chi connectivity index (χ0) is 18.9. The Labute approximate surface area is 145 Å². The van der Waals surface area contributed by atoms with Gasteiger partial charge in [-0.15, -0.1) is 0 Å². The highest BCUT2D eigenvalue weighted by Gasteiger charge is 2.25. The van der Waals surface area contributed by atoms with Gasteiger partial charge in [-0.1, -0.05) is 0 Å². The van der Waals surface area contributed by atoms with E-state index in [0.717, 1.165) is 0 Å². The number of ether oxygens (including phenoxy) is 1. The number of hydrogen-bond acceptors (Lipinski definition) is 5. The number of benzene rings is 1. The standard InChI is InChI=1S/C18H20N2O5/c1-9-8-14(6-7-15(9)20(23)24)25-13(5)18(22)17-10(2)16(12(4)21)11(3)19-17/h6-8,13,19H,1-5H3/t13-/m0/s1. The van der Waals surface area contributed by atoms with Crippen molar-refractivity contribution in [3.8, 4) is 5.75 Å². The molecule has 0 unspecified atom stereocenters. The zero-order valence-corrected chi connectivity index (χ0v) is 14.8. The minimum absolute atomic E-state index is 0.00623. The summed E-state index contributed by atoms with van der Waals surface area (Å²) in [4.78, 5) is 37.7. The Kier molecular flexibility index (Phi) is 5.06. The third-order valence-corrected chi connectivity index (χ3v) is 4.08. The van der Waals surface area contributed by atoms with Gasteiger partial charge in [-0.2, -0.15) is 0 Å². The number of ketones is 2. The molecule has 0 aliphatic carbocycles. The predicted octanol–water partition coefficient (Wildman–Crippen LogP) is 3.70. The fraction of sp³-hybridized carbons (Fsp3) is 0.333. The number of aryl methyl sites for hydroxylation is 2. The van der Waals surface area contributed by atoms with Gasteiger partial charge >= 0.3 is 0 Å². The molecule has 132 valence electrons. The molecule has 1 N–H and O–H groups in total. The largest absolute Gasteiger partial charge is 0.482 e. The lowest BCUT2D eigenvalue weighted by Crippen LogP contribution is -2.25. The van der Waals surface area contributed by atoms with Crippen LogP contribution in [0.1, 0.15) is 51.5 Å². The van der Waals surface area contributed by atoms with E-state index in [-0.39, 0.29) is 17.3 Å². The van der Waals surface area contributed by atoms with E-state index in [1.54, 1.807) is 27.7 Å². The molecule has 0 saturated carbocycles. The summed E-state index contributed by atoms with van der Waals surface area (Å²) in [7, 11) is 0. The van der Waals surface area contributed by atoms with Crippen molar-refractivity contribution in [2.24, 2.45) is 0 Å².